The van der Waals surface area contributed by atoms with Crippen molar-refractivity contribution < 1.29 is 4.39 Å². The summed E-state index contributed by atoms with van der Waals surface area (Å²) in [5.41, 5.74) is 8.41. The molecule has 1 unspecified atom stereocenters. The van der Waals surface area contributed by atoms with Crippen LogP contribution in [0.15, 0.2) is 24.3 Å². The largest absolute Gasteiger partial charge is 0.383 e. The number of aromatic nitrogens is 2. The number of aryl methyl sites for hydroxylation is 1. The van der Waals surface area contributed by atoms with Gasteiger partial charge in [0.15, 0.2) is 0 Å². The van der Waals surface area contributed by atoms with E-state index in [2.05, 4.69) is 32.8 Å². The van der Waals surface area contributed by atoms with Crippen molar-refractivity contribution in [3.63, 3.8) is 0 Å². The van der Waals surface area contributed by atoms with Gasteiger partial charge in [-0.3, -0.25) is 4.68 Å². The second kappa shape index (κ2) is 5.51. The Kier molecular flexibility index (Phi) is 4.08. The number of halogens is 1. The number of nitrogen functional groups attached to an aromatic ring is 1. The standard InChI is InChI=1S/C17H24FN3/c1-11(17(2,3)4)10-14-15(16(19)21(5)20-14)12-8-6-7-9-13(12)18/h6-9,11H,10,19H2,1-5H3. The topological polar surface area (TPSA) is 43.8 Å². The van der Waals surface area contributed by atoms with Gasteiger partial charge in [0, 0.05) is 18.2 Å². The maximum atomic E-state index is 14.1. The lowest BCUT2D eigenvalue weighted by atomic mass is 9.79. The summed E-state index contributed by atoms with van der Waals surface area (Å²) in [6, 6.07) is 6.72. The molecule has 1 heterocycles. The Hall–Kier alpha value is -1.84. The molecular weight excluding hydrogens is 265 g/mol. The van der Waals surface area contributed by atoms with Crippen molar-refractivity contribution in [2.45, 2.75) is 34.1 Å². The summed E-state index contributed by atoms with van der Waals surface area (Å²) in [6.45, 7) is 8.79. The molecule has 0 fully saturated rings. The minimum Gasteiger partial charge on any atom is -0.383 e. The highest BCUT2D eigenvalue weighted by atomic mass is 19.1. The first-order valence-corrected chi connectivity index (χ1v) is 7.28. The highest BCUT2D eigenvalue weighted by Gasteiger charge is 2.25. The van der Waals surface area contributed by atoms with E-state index in [9.17, 15) is 4.39 Å². The number of hydrogen-bond acceptors (Lipinski definition) is 2. The second-order valence-corrected chi connectivity index (χ2v) is 6.78. The van der Waals surface area contributed by atoms with E-state index in [4.69, 9.17) is 5.73 Å². The summed E-state index contributed by atoms with van der Waals surface area (Å²) in [5, 5.41) is 4.51. The van der Waals surface area contributed by atoms with Crippen LogP contribution in [-0.2, 0) is 13.5 Å². The zero-order chi connectivity index (χ0) is 15.8. The predicted octanol–water partition coefficient (Wildman–Crippen LogP) is 4.03. The van der Waals surface area contributed by atoms with E-state index in [0.717, 1.165) is 17.7 Å². The Balaban J connectivity index is 2.50. The van der Waals surface area contributed by atoms with E-state index in [1.165, 1.54) is 6.07 Å². The average Bonchev–Trinajstić information content (AvgIpc) is 2.65. The minimum atomic E-state index is -0.262. The molecule has 0 saturated carbocycles. The summed E-state index contributed by atoms with van der Waals surface area (Å²) in [5.74, 6) is 0.662. The zero-order valence-corrected chi connectivity index (χ0v) is 13.4. The van der Waals surface area contributed by atoms with Gasteiger partial charge in [-0.25, -0.2) is 4.39 Å². The van der Waals surface area contributed by atoms with Crippen LogP contribution in [0, 0.1) is 17.2 Å². The van der Waals surface area contributed by atoms with E-state index in [1.54, 1.807) is 23.9 Å². The summed E-state index contributed by atoms with van der Waals surface area (Å²) in [6.07, 6.45) is 0.776. The van der Waals surface area contributed by atoms with E-state index in [1.807, 2.05) is 6.07 Å². The van der Waals surface area contributed by atoms with Gasteiger partial charge in [0.05, 0.1) is 5.69 Å². The van der Waals surface area contributed by atoms with Gasteiger partial charge in [-0.15, -0.1) is 0 Å². The molecule has 0 aliphatic heterocycles. The normalized spacial score (nSPS) is 13.4. The molecule has 114 valence electrons. The van der Waals surface area contributed by atoms with Crippen LogP contribution in [-0.4, -0.2) is 9.78 Å². The average molecular weight is 289 g/mol. The van der Waals surface area contributed by atoms with Crippen molar-refractivity contribution in [3.05, 3.63) is 35.8 Å². The number of benzene rings is 1. The third-order valence-corrected chi connectivity index (χ3v) is 4.29. The first-order chi connectivity index (χ1) is 9.71. The fourth-order valence-electron chi connectivity index (χ4n) is 2.29. The van der Waals surface area contributed by atoms with Gasteiger partial charge in [-0.05, 0) is 23.8 Å². The van der Waals surface area contributed by atoms with Crippen molar-refractivity contribution in [2.75, 3.05) is 5.73 Å². The Labute approximate surface area is 126 Å². The van der Waals surface area contributed by atoms with Crippen LogP contribution < -0.4 is 5.73 Å². The van der Waals surface area contributed by atoms with Crippen LogP contribution in [0.5, 0.6) is 0 Å². The molecule has 4 heteroatoms. The van der Waals surface area contributed by atoms with Crippen LogP contribution in [0.2, 0.25) is 0 Å². The quantitative estimate of drug-likeness (QED) is 0.927. The third-order valence-electron chi connectivity index (χ3n) is 4.29. The molecule has 1 aromatic carbocycles. The summed E-state index contributed by atoms with van der Waals surface area (Å²) in [4.78, 5) is 0. The van der Waals surface area contributed by atoms with E-state index >= 15 is 0 Å². The van der Waals surface area contributed by atoms with Gasteiger partial charge in [0.2, 0.25) is 0 Å². The van der Waals surface area contributed by atoms with Gasteiger partial charge in [0.25, 0.3) is 0 Å². The fraction of sp³-hybridized carbons (Fsp3) is 0.471. The van der Waals surface area contributed by atoms with Crippen LogP contribution >= 0.6 is 0 Å². The van der Waals surface area contributed by atoms with Crippen molar-refractivity contribution >= 4 is 5.82 Å². The SMILES string of the molecule is CC(Cc1nn(C)c(N)c1-c1ccccc1F)C(C)(C)C. The van der Waals surface area contributed by atoms with E-state index in [-0.39, 0.29) is 11.2 Å². The number of anilines is 1. The van der Waals surface area contributed by atoms with Crippen molar-refractivity contribution in [1.82, 2.24) is 9.78 Å². The van der Waals surface area contributed by atoms with Crippen LogP contribution in [0.4, 0.5) is 10.2 Å². The Morgan fingerprint density at radius 2 is 1.90 bits per heavy atom. The molecule has 0 amide bonds. The summed E-state index contributed by atoms with van der Waals surface area (Å²) >= 11 is 0. The molecule has 3 nitrogen and oxygen atoms in total. The Bertz CT molecular complexity index is 638. The molecule has 2 N–H and O–H groups in total. The first kappa shape index (κ1) is 15.5. The third kappa shape index (κ3) is 3.09. The lowest BCUT2D eigenvalue weighted by Crippen LogP contribution is -2.20. The van der Waals surface area contributed by atoms with Gasteiger partial charge >= 0.3 is 0 Å². The van der Waals surface area contributed by atoms with Crippen molar-refractivity contribution in [3.8, 4) is 11.1 Å². The molecule has 0 radical (unpaired) electrons. The van der Waals surface area contributed by atoms with Crippen molar-refractivity contribution in [2.24, 2.45) is 18.4 Å². The molecular formula is C17H24FN3. The van der Waals surface area contributed by atoms with Gasteiger partial charge in [0.1, 0.15) is 11.6 Å². The smallest absolute Gasteiger partial charge is 0.131 e. The lowest BCUT2D eigenvalue weighted by Gasteiger charge is -2.26. The summed E-state index contributed by atoms with van der Waals surface area (Å²) < 4.78 is 15.8. The monoisotopic (exact) mass is 289 g/mol. The van der Waals surface area contributed by atoms with Crippen LogP contribution in [0.3, 0.4) is 0 Å². The fourth-order valence-corrected chi connectivity index (χ4v) is 2.29. The molecule has 2 rings (SSSR count). The van der Waals surface area contributed by atoms with Gasteiger partial charge in [-0.1, -0.05) is 45.9 Å². The molecule has 0 aliphatic carbocycles. The number of nitrogens with zero attached hydrogens (tertiary/aromatic N) is 2. The molecule has 0 saturated heterocycles. The maximum absolute atomic E-state index is 14.1. The number of nitrogens with two attached hydrogens (primary N) is 1. The molecule has 0 bridgehead atoms. The Morgan fingerprint density at radius 1 is 1.29 bits per heavy atom. The minimum absolute atomic E-state index is 0.165. The van der Waals surface area contributed by atoms with Crippen LogP contribution in [0.1, 0.15) is 33.4 Å². The van der Waals surface area contributed by atoms with Crippen LogP contribution in [0.25, 0.3) is 11.1 Å². The first-order valence-electron chi connectivity index (χ1n) is 7.28. The second-order valence-electron chi connectivity index (χ2n) is 6.78. The molecule has 1 aromatic heterocycles. The number of hydrogen-bond donors (Lipinski definition) is 1. The number of rotatable bonds is 3. The van der Waals surface area contributed by atoms with Gasteiger partial charge < -0.3 is 5.73 Å². The zero-order valence-electron chi connectivity index (χ0n) is 13.4. The van der Waals surface area contributed by atoms with E-state index in [0.29, 0.717) is 17.3 Å². The lowest BCUT2D eigenvalue weighted by molar-refractivity contribution is 0.258. The predicted molar refractivity (Wildman–Crippen MR) is 85.3 cm³/mol. The molecule has 0 spiro atoms. The highest BCUT2D eigenvalue weighted by Crippen LogP contribution is 2.35. The van der Waals surface area contributed by atoms with Crippen molar-refractivity contribution in [1.29, 1.82) is 0 Å². The molecule has 0 aliphatic rings. The molecule has 1 atom stereocenters. The molecule has 2 aromatic rings. The van der Waals surface area contributed by atoms with E-state index < -0.39 is 0 Å². The molecule has 21 heavy (non-hydrogen) atoms. The Morgan fingerprint density at radius 3 is 2.48 bits per heavy atom. The summed E-state index contributed by atoms with van der Waals surface area (Å²) in [7, 11) is 1.80. The maximum Gasteiger partial charge on any atom is 0.131 e. The highest BCUT2D eigenvalue weighted by molar-refractivity contribution is 5.77. The van der Waals surface area contributed by atoms with Gasteiger partial charge in [-0.2, -0.15) is 5.10 Å².